The van der Waals surface area contributed by atoms with E-state index in [-0.39, 0.29) is 23.7 Å². The molecule has 0 aliphatic rings. The molecule has 0 amide bonds. The van der Waals surface area contributed by atoms with Gasteiger partial charge in [0.05, 0.1) is 24.2 Å². The molecule has 1 rings (SSSR count). The summed E-state index contributed by atoms with van der Waals surface area (Å²) in [7, 11) is -2.96. The smallest absolute Gasteiger partial charge is 0.306 e. The molecule has 0 radical (unpaired) electrons. The molecule has 0 spiro atoms. The number of hydrogen-bond acceptors (Lipinski definition) is 7. The van der Waals surface area contributed by atoms with Gasteiger partial charge in [0.15, 0.2) is 0 Å². The third-order valence-electron chi connectivity index (χ3n) is 2.73. The van der Waals surface area contributed by atoms with E-state index in [0.717, 1.165) is 7.11 Å². The van der Waals surface area contributed by atoms with Crippen LogP contribution in [0.2, 0.25) is 0 Å². The van der Waals surface area contributed by atoms with Crippen molar-refractivity contribution >= 4 is 39.8 Å². The van der Waals surface area contributed by atoms with Crippen molar-refractivity contribution in [3.63, 3.8) is 0 Å². The fraction of sp³-hybridized carbons (Fsp3) is 0.364. The standard InChI is InChI=1S/C11H15N3O6S.ClH/c1-8-4-3-5-9(11(8)14(16)17)13(12)21(18,19)7-6-10(15)20-2;/h3-5H,6-7,12H2,1-2H3;1H. The number of benzene rings is 1. The normalized spacial score (nSPS) is 10.5. The van der Waals surface area contributed by atoms with Crippen LogP contribution in [0.5, 0.6) is 0 Å². The summed E-state index contributed by atoms with van der Waals surface area (Å²) >= 11 is 0. The topological polar surface area (TPSA) is 133 Å². The minimum atomic E-state index is -4.09. The highest BCUT2D eigenvalue weighted by Gasteiger charge is 2.28. The average Bonchev–Trinajstić information content (AvgIpc) is 2.43. The number of nitro benzene ring substituents is 1. The Labute approximate surface area is 133 Å². The number of esters is 1. The Kier molecular flexibility index (Phi) is 7.23. The number of carbonyl (C=O) groups is 1. The fourth-order valence-corrected chi connectivity index (χ4v) is 2.69. The second kappa shape index (κ2) is 7.92. The van der Waals surface area contributed by atoms with E-state index in [4.69, 9.17) is 5.84 Å². The summed E-state index contributed by atoms with van der Waals surface area (Å²) in [5.74, 6) is 4.17. The van der Waals surface area contributed by atoms with Crippen LogP contribution < -0.4 is 10.3 Å². The van der Waals surface area contributed by atoms with Crippen LogP contribution in [0, 0.1) is 17.0 Å². The zero-order valence-electron chi connectivity index (χ0n) is 11.9. The maximum atomic E-state index is 12.0. The van der Waals surface area contributed by atoms with Crippen molar-refractivity contribution in [2.24, 2.45) is 5.84 Å². The third-order valence-corrected chi connectivity index (χ3v) is 4.24. The van der Waals surface area contributed by atoms with E-state index in [9.17, 15) is 23.3 Å². The number of aryl methyl sites for hydroxylation is 1. The van der Waals surface area contributed by atoms with Crippen LogP contribution in [-0.2, 0) is 19.6 Å². The molecule has 0 unspecified atom stereocenters. The molecule has 0 saturated carbocycles. The van der Waals surface area contributed by atoms with Gasteiger partial charge >= 0.3 is 5.97 Å². The van der Waals surface area contributed by atoms with E-state index >= 15 is 0 Å². The number of anilines is 1. The first-order chi connectivity index (χ1) is 9.70. The average molecular weight is 354 g/mol. The number of nitrogens with zero attached hydrogens (tertiary/aromatic N) is 2. The summed E-state index contributed by atoms with van der Waals surface area (Å²) in [6.07, 6.45) is -0.397. The second-order valence-electron chi connectivity index (χ2n) is 4.14. The molecular formula is C11H16ClN3O6S. The van der Waals surface area contributed by atoms with Crippen LogP contribution in [0.15, 0.2) is 18.2 Å². The molecule has 0 heterocycles. The van der Waals surface area contributed by atoms with Gasteiger partial charge in [-0.2, -0.15) is 4.41 Å². The number of hydrazine groups is 1. The maximum Gasteiger partial charge on any atom is 0.306 e. The first-order valence-electron chi connectivity index (χ1n) is 5.79. The van der Waals surface area contributed by atoms with E-state index in [1.165, 1.54) is 25.1 Å². The summed E-state index contributed by atoms with van der Waals surface area (Å²) in [4.78, 5) is 21.3. The minimum Gasteiger partial charge on any atom is -0.469 e. The van der Waals surface area contributed by atoms with Crippen LogP contribution in [-0.4, -0.2) is 32.2 Å². The molecule has 2 N–H and O–H groups in total. The van der Waals surface area contributed by atoms with Gasteiger partial charge in [-0.15, -0.1) is 12.4 Å². The van der Waals surface area contributed by atoms with Crippen molar-refractivity contribution in [2.45, 2.75) is 13.3 Å². The van der Waals surface area contributed by atoms with Crippen molar-refractivity contribution in [3.8, 4) is 0 Å². The lowest BCUT2D eigenvalue weighted by atomic mass is 10.2. The number of nitro groups is 1. The molecule has 0 fully saturated rings. The number of carbonyl (C=O) groups excluding carboxylic acids is 1. The van der Waals surface area contributed by atoms with E-state index < -0.39 is 38.8 Å². The van der Waals surface area contributed by atoms with Crippen LogP contribution in [0.3, 0.4) is 0 Å². The monoisotopic (exact) mass is 353 g/mol. The van der Waals surface area contributed by atoms with Crippen LogP contribution >= 0.6 is 12.4 Å². The number of sulfonamides is 1. The maximum absolute atomic E-state index is 12.0. The number of halogens is 1. The van der Waals surface area contributed by atoms with Gasteiger partial charge in [0.25, 0.3) is 5.69 Å². The Morgan fingerprint density at radius 1 is 1.45 bits per heavy atom. The van der Waals surface area contributed by atoms with Crippen molar-refractivity contribution in [1.82, 2.24) is 0 Å². The quantitative estimate of drug-likeness (QED) is 0.347. The lowest BCUT2D eigenvalue weighted by Gasteiger charge is -2.18. The zero-order chi connectivity index (χ0) is 16.2. The molecule has 1 aromatic rings. The highest BCUT2D eigenvalue weighted by atomic mass is 35.5. The van der Waals surface area contributed by atoms with Gasteiger partial charge in [-0.05, 0) is 13.0 Å². The molecule has 9 nitrogen and oxygen atoms in total. The van der Waals surface area contributed by atoms with Gasteiger partial charge in [0.2, 0.25) is 10.0 Å². The second-order valence-corrected chi connectivity index (χ2v) is 6.10. The summed E-state index contributed by atoms with van der Waals surface area (Å²) in [5.41, 5.74) is -0.386. The molecule has 0 aliphatic heterocycles. The SMILES string of the molecule is COC(=O)CCS(=O)(=O)N(N)c1cccc(C)c1[N+](=O)[O-].Cl. The number of rotatable bonds is 6. The van der Waals surface area contributed by atoms with Gasteiger partial charge in [-0.25, -0.2) is 14.3 Å². The number of para-hydroxylation sites is 1. The minimum absolute atomic E-state index is 0. The summed E-state index contributed by atoms with van der Waals surface area (Å²) in [6.45, 7) is 1.47. The molecule has 0 aromatic heterocycles. The van der Waals surface area contributed by atoms with Gasteiger partial charge < -0.3 is 4.74 Å². The molecule has 1 aromatic carbocycles. The molecule has 0 atom stereocenters. The van der Waals surface area contributed by atoms with E-state index in [1.807, 2.05) is 0 Å². The van der Waals surface area contributed by atoms with Crippen LogP contribution in [0.1, 0.15) is 12.0 Å². The Balaban J connectivity index is 0.00000441. The molecule has 0 saturated heterocycles. The highest BCUT2D eigenvalue weighted by molar-refractivity contribution is 7.92. The van der Waals surface area contributed by atoms with Crippen molar-refractivity contribution < 1.29 is 22.9 Å². The number of nitrogens with two attached hydrogens (primary N) is 1. The Morgan fingerprint density at radius 3 is 2.55 bits per heavy atom. The van der Waals surface area contributed by atoms with Crippen molar-refractivity contribution in [1.29, 1.82) is 0 Å². The molecule has 22 heavy (non-hydrogen) atoms. The predicted octanol–water partition coefficient (Wildman–Crippen LogP) is 0.898. The van der Waals surface area contributed by atoms with Gasteiger partial charge in [-0.3, -0.25) is 14.9 Å². The summed E-state index contributed by atoms with van der Waals surface area (Å²) in [5, 5.41) is 11.0. The Morgan fingerprint density at radius 2 is 2.05 bits per heavy atom. The summed E-state index contributed by atoms with van der Waals surface area (Å²) < 4.78 is 28.7. The van der Waals surface area contributed by atoms with E-state index in [1.54, 1.807) is 0 Å². The van der Waals surface area contributed by atoms with Crippen LogP contribution in [0.25, 0.3) is 0 Å². The van der Waals surface area contributed by atoms with Gasteiger partial charge in [0.1, 0.15) is 5.69 Å². The van der Waals surface area contributed by atoms with Crippen molar-refractivity contribution in [2.75, 3.05) is 17.3 Å². The first kappa shape index (κ1) is 20.1. The largest absolute Gasteiger partial charge is 0.469 e. The molecule has 0 aliphatic carbocycles. The van der Waals surface area contributed by atoms with E-state index in [2.05, 4.69) is 4.74 Å². The number of ether oxygens (including phenoxy) is 1. The van der Waals surface area contributed by atoms with Crippen LogP contribution in [0.4, 0.5) is 11.4 Å². The molecule has 124 valence electrons. The van der Waals surface area contributed by atoms with Gasteiger partial charge in [-0.1, -0.05) is 12.1 Å². The number of methoxy groups -OCH3 is 1. The molecular weight excluding hydrogens is 338 g/mol. The molecule has 11 heteroatoms. The first-order valence-corrected chi connectivity index (χ1v) is 7.40. The Hall–Kier alpha value is -1.91. The molecule has 0 bridgehead atoms. The van der Waals surface area contributed by atoms with Crippen molar-refractivity contribution in [3.05, 3.63) is 33.9 Å². The highest BCUT2D eigenvalue weighted by Crippen LogP contribution is 2.31. The third kappa shape index (κ3) is 4.55. The number of hydrogen-bond donors (Lipinski definition) is 1. The Bertz CT molecular complexity index is 664. The zero-order valence-corrected chi connectivity index (χ0v) is 13.5. The summed E-state index contributed by atoms with van der Waals surface area (Å²) in [6, 6.07) is 4.14. The van der Waals surface area contributed by atoms with E-state index in [0.29, 0.717) is 4.41 Å². The fourth-order valence-electron chi connectivity index (χ4n) is 1.62. The van der Waals surface area contributed by atoms with Gasteiger partial charge in [0, 0.05) is 5.56 Å². The predicted molar refractivity (Wildman–Crippen MR) is 82.2 cm³/mol. The lowest BCUT2D eigenvalue weighted by molar-refractivity contribution is -0.384. The lowest BCUT2D eigenvalue weighted by Crippen LogP contribution is -2.40.